The molecule has 0 saturated carbocycles. The number of phenols is 1. The normalized spacial score (nSPS) is 16.0. The van der Waals surface area contributed by atoms with Gasteiger partial charge in [0.25, 0.3) is 0 Å². The lowest BCUT2D eigenvalue weighted by Crippen LogP contribution is -2.60. The maximum atomic E-state index is 11.9. The van der Waals surface area contributed by atoms with Crippen molar-refractivity contribution in [1.29, 1.82) is 0 Å². The van der Waals surface area contributed by atoms with Gasteiger partial charge < -0.3 is 14.7 Å². The molecular formula is C16H24N2O3. The zero-order chi connectivity index (χ0) is 15.6. The molecule has 0 aliphatic carbocycles. The Morgan fingerprint density at radius 2 is 2.10 bits per heavy atom. The van der Waals surface area contributed by atoms with E-state index in [-0.39, 0.29) is 11.8 Å². The van der Waals surface area contributed by atoms with Gasteiger partial charge in [-0.2, -0.15) is 0 Å². The molecule has 116 valence electrons. The molecule has 1 aromatic carbocycles. The summed E-state index contributed by atoms with van der Waals surface area (Å²) >= 11 is 0. The Kier molecular flexibility index (Phi) is 4.42. The van der Waals surface area contributed by atoms with Crippen molar-refractivity contribution in [3.8, 4) is 5.75 Å². The van der Waals surface area contributed by atoms with Crippen LogP contribution in [0.3, 0.4) is 0 Å². The van der Waals surface area contributed by atoms with Gasteiger partial charge in [0.15, 0.2) is 0 Å². The highest BCUT2D eigenvalue weighted by Crippen LogP contribution is 2.20. The molecule has 0 spiro atoms. The number of benzene rings is 1. The standard InChI is InChI=1S/C16H24N2O3/c1-16(2,3)21-15(20)18-10-13(11-18)17(4)9-12-6-5-7-14(19)8-12/h5-8,13,19H,9-11H2,1-4H3. The molecule has 2 rings (SSSR count). The van der Waals surface area contributed by atoms with Crippen molar-refractivity contribution in [2.24, 2.45) is 0 Å². The van der Waals surface area contributed by atoms with Crippen LogP contribution in [0.25, 0.3) is 0 Å². The van der Waals surface area contributed by atoms with Crippen molar-refractivity contribution in [3.63, 3.8) is 0 Å². The van der Waals surface area contributed by atoms with Crippen molar-refractivity contribution in [2.75, 3.05) is 20.1 Å². The van der Waals surface area contributed by atoms with Gasteiger partial charge in [-0.25, -0.2) is 4.79 Å². The number of hydrogen-bond acceptors (Lipinski definition) is 4. The number of ether oxygens (including phenoxy) is 1. The van der Waals surface area contributed by atoms with Crippen LogP contribution >= 0.6 is 0 Å². The van der Waals surface area contributed by atoms with E-state index in [1.54, 1.807) is 17.0 Å². The quantitative estimate of drug-likeness (QED) is 0.929. The van der Waals surface area contributed by atoms with Gasteiger partial charge in [-0.15, -0.1) is 0 Å². The SMILES string of the molecule is CN(Cc1cccc(O)c1)C1CN(C(=O)OC(C)(C)C)C1. The first-order chi connectivity index (χ1) is 9.74. The van der Waals surface area contributed by atoms with E-state index in [4.69, 9.17) is 4.74 Å². The number of carbonyl (C=O) groups excluding carboxylic acids is 1. The summed E-state index contributed by atoms with van der Waals surface area (Å²) in [5, 5.41) is 9.47. The van der Waals surface area contributed by atoms with E-state index in [1.165, 1.54) is 0 Å². The number of aromatic hydroxyl groups is 1. The van der Waals surface area contributed by atoms with Crippen LogP contribution in [0.15, 0.2) is 24.3 Å². The topological polar surface area (TPSA) is 53.0 Å². The zero-order valence-corrected chi connectivity index (χ0v) is 13.2. The second kappa shape index (κ2) is 5.93. The lowest BCUT2D eigenvalue weighted by molar-refractivity contribution is -0.0120. The van der Waals surface area contributed by atoms with Gasteiger partial charge in [-0.3, -0.25) is 4.90 Å². The predicted molar refractivity (Wildman–Crippen MR) is 81.2 cm³/mol. The highest BCUT2D eigenvalue weighted by molar-refractivity contribution is 5.69. The van der Waals surface area contributed by atoms with E-state index in [9.17, 15) is 9.90 Å². The predicted octanol–water partition coefficient (Wildman–Crippen LogP) is 2.44. The van der Waals surface area contributed by atoms with E-state index >= 15 is 0 Å². The van der Waals surface area contributed by atoms with E-state index in [0.29, 0.717) is 19.1 Å². The second-order valence-corrected chi connectivity index (χ2v) is 6.62. The Hall–Kier alpha value is -1.75. The molecule has 1 N–H and O–H groups in total. The summed E-state index contributed by atoms with van der Waals surface area (Å²) in [6, 6.07) is 7.59. The van der Waals surface area contributed by atoms with E-state index in [2.05, 4.69) is 4.90 Å². The number of amides is 1. The van der Waals surface area contributed by atoms with Crippen molar-refractivity contribution < 1.29 is 14.6 Å². The van der Waals surface area contributed by atoms with Crippen LogP contribution in [0.4, 0.5) is 4.79 Å². The molecule has 5 heteroatoms. The molecule has 5 nitrogen and oxygen atoms in total. The third-order valence-corrected chi connectivity index (χ3v) is 3.48. The molecule has 21 heavy (non-hydrogen) atoms. The molecule has 1 amide bonds. The maximum absolute atomic E-state index is 11.9. The summed E-state index contributed by atoms with van der Waals surface area (Å²) < 4.78 is 5.34. The largest absolute Gasteiger partial charge is 0.508 e. The molecule has 0 bridgehead atoms. The fraction of sp³-hybridized carbons (Fsp3) is 0.562. The molecular weight excluding hydrogens is 268 g/mol. The fourth-order valence-electron chi connectivity index (χ4n) is 2.28. The minimum Gasteiger partial charge on any atom is -0.508 e. The lowest BCUT2D eigenvalue weighted by Gasteiger charge is -2.44. The maximum Gasteiger partial charge on any atom is 0.410 e. The van der Waals surface area contributed by atoms with Gasteiger partial charge in [0, 0.05) is 25.7 Å². The molecule has 0 atom stereocenters. The fourth-order valence-corrected chi connectivity index (χ4v) is 2.28. The summed E-state index contributed by atoms with van der Waals surface area (Å²) in [4.78, 5) is 15.8. The lowest BCUT2D eigenvalue weighted by atomic mass is 10.1. The van der Waals surface area contributed by atoms with Crippen LogP contribution in [0, 0.1) is 0 Å². The molecule has 1 fully saturated rings. The number of phenolic OH excluding ortho intramolecular Hbond substituents is 1. The zero-order valence-electron chi connectivity index (χ0n) is 13.2. The van der Waals surface area contributed by atoms with Gasteiger partial charge in [-0.1, -0.05) is 12.1 Å². The summed E-state index contributed by atoms with van der Waals surface area (Å²) in [7, 11) is 2.03. The van der Waals surface area contributed by atoms with Crippen LogP contribution in [0.2, 0.25) is 0 Å². The molecule has 1 saturated heterocycles. The minimum atomic E-state index is -0.449. The van der Waals surface area contributed by atoms with E-state index in [1.807, 2.05) is 40.0 Å². The highest BCUT2D eigenvalue weighted by atomic mass is 16.6. The van der Waals surface area contributed by atoms with Crippen molar-refractivity contribution in [1.82, 2.24) is 9.80 Å². The third kappa shape index (κ3) is 4.36. The molecule has 1 aliphatic heterocycles. The van der Waals surface area contributed by atoms with Crippen LogP contribution in [0.1, 0.15) is 26.3 Å². The Bertz CT molecular complexity index is 504. The van der Waals surface area contributed by atoms with Crippen LogP contribution in [-0.4, -0.2) is 52.8 Å². The Morgan fingerprint density at radius 1 is 1.43 bits per heavy atom. The number of nitrogens with zero attached hydrogens (tertiary/aromatic N) is 2. The van der Waals surface area contributed by atoms with Crippen molar-refractivity contribution >= 4 is 6.09 Å². The molecule has 1 heterocycles. The smallest absolute Gasteiger partial charge is 0.410 e. The Morgan fingerprint density at radius 3 is 2.67 bits per heavy atom. The molecule has 1 aliphatic rings. The van der Waals surface area contributed by atoms with Crippen LogP contribution in [-0.2, 0) is 11.3 Å². The molecule has 0 radical (unpaired) electrons. The van der Waals surface area contributed by atoms with Gasteiger partial charge >= 0.3 is 6.09 Å². The van der Waals surface area contributed by atoms with Crippen LogP contribution < -0.4 is 0 Å². The van der Waals surface area contributed by atoms with Gasteiger partial charge in [0.2, 0.25) is 0 Å². The van der Waals surface area contributed by atoms with E-state index < -0.39 is 5.60 Å². The van der Waals surface area contributed by atoms with Gasteiger partial charge in [-0.05, 0) is 45.5 Å². The summed E-state index contributed by atoms with van der Waals surface area (Å²) in [6.07, 6.45) is -0.246. The first-order valence-corrected chi connectivity index (χ1v) is 7.21. The van der Waals surface area contributed by atoms with Crippen molar-refractivity contribution in [2.45, 2.75) is 39.0 Å². The van der Waals surface area contributed by atoms with Crippen molar-refractivity contribution in [3.05, 3.63) is 29.8 Å². The Balaban J connectivity index is 1.80. The van der Waals surface area contributed by atoms with Crippen LogP contribution in [0.5, 0.6) is 5.75 Å². The average molecular weight is 292 g/mol. The monoisotopic (exact) mass is 292 g/mol. The number of rotatable bonds is 3. The summed E-state index contributed by atoms with van der Waals surface area (Å²) in [5.41, 5.74) is 0.614. The van der Waals surface area contributed by atoms with Gasteiger partial charge in [0.1, 0.15) is 11.4 Å². The number of carbonyl (C=O) groups is 1. The molecule has 0 aromatic heterocycles. The second-order valence-electron chi connectivity index (χ2n) is 6.62. The number of hydrogen-bond donors (Lipinski definition) is 1. The minimum absolute atomic E-state index is 0.246. The molecule has 1 aromatic rings. The number of likely N-dealkylation sites (tertiary alicyclic amines) is 1. The average Bonchev–Trinajstić information content (AvgIpc) is 2.23. The first-order valence-electron chi connectivity index (χ1n) is 7.21. The van der Waals surface area contributed by atoms with E-state index in [0.717, 1.165) is 12.1 Å². The third-order valence-electron chi connectivity index (χ3n) is 3.48. The number of likely N-dealkylation sites (N-methyl/N-ethyl adjacent to an activating group) is 1. The summed E-state index contributed by atoms with van der Waals surface area (Å²) in [5.74, 6) is 0.282. The Labute approximate surface area is 126 Å². The first kappa shape index (κ1) is 15.6. The summed E-state index contributed by atoms with van der Waals surface area (Å²) in [6.45, 7) is 7.73. The highest BCUT2D eigenvalue weighted by Gasteiger charge is 2.35. The van der Waals surface area contributed by atoms with Gasteiger partial charge in [0.05, 0.1) is 0 Å². The molecule has 0 unspecified atom stereocenters.